The monoisotopic (exact) mass is 263 g/mol. The van der Waals surface area contributed by atoms with Gasteiger partial charge in [-0.05, 0) is 23.3 Å². The third-order valence-electron chi connectivity index (χ3n) is 2.36. The van der Waals surface area contributed by atoms with E-state index in [1.54, 1.807) is 23.1 Å². The minimum atomic E-state index is -0.000506. The van der Waals surface area contributed by atoms with E-state index in [1.165, 1.54) is 0 Å². The lowest BCUT2D eigenvalue weighted by atomic mass is 10.2. The van der Waals surface area contributed by atoms with Gasteiger partial charge in [-0.2, -0.15) is 0 Å². The average Bonchev–Trinajstić information content (AvgIpc) is 2.85. The van der Waals surface area contributed by atoms with E-state index in [9.17, 15) is 4.79 Å². The third-order valence-corrected chi connectivity index (χ3v) is 4.44. The molecule has 0 aliphatic carbocycles. The largest absolute Gasteiger partial charge is 0.348 e. The van der Waals surface area contributed by atoms with Crippen LogP contribution in [0, 0.1) is 0 Å². The molecule has 4 heteroatoms. The van der Waals surface area contributed by atoms with Gasteiger partial charge in [0.25, 0.3) is 5.91 Å². The molecule has 0 fully saturated rings. The number of nitrogens with one attached hydrogen (secondary N) is 1. The summed E-state index contributed by atoms with van der Waals surface area (Å²) >= 11 is 3.21. The van der Waals surface area contributed by atoms with Crippen LogP contribution in [-0.2, 0) is 6.54 Å². The molecule has 2 nitrogen and oxygen atoms in total. The van der Waals surface area contributed by atoms with E-state index in [2.05, 4.69) is 5.32 Å². The average molecular weight is 263 g/mol. The number of thiophene rings is 1. The van der Waals surface area contributed by atoms with Crippen molar-refractivity contribution >= 4 is 29.0 Å². The minimum Gasteiger partial charge on any atom is -0.348 e. The predicted octanol–water partition coefficient (Wildman–Crippen LogP) is 3.40. The van der Waals surface area contributed by atoms with Gasteiger partial charge in [-0.25, -0.2) is 0 Å². The van der Waals surface area contributed by atoms with Crippen LogP contribution in [0.15, 0.2) is 46.0 Å². The maximum absolute atomic E-state index is 11.9. The van der Waals surface area contributed by atoms with Crippen molar-refractivity contribution in [2.24, 2.45) is 0 Å². The number of carbonyl (C=O) groups excluding carboxylic acids is 1. The summed E-state index contributed by atoms with van der Waals surface area (Å²) in [4.78, 5) is 11.9. The fourth-order valence-electron chi connectivity index (χ4n) is 1.50. The van der Waals surface area contributed by atoms with Crippen LogP contribution < -0.4 is 5.32 Å². The van der Waals surface area contributed by atoms with Crippen molar-refractivity contribution in [2.75, 3.05) is 6.26 Å². The Morgan fingerprint density at radius 2 is 2.06 bits per heavy atom. The van der Waals surface area contributed by atoms with Crippen molar-refractivity contribution in [3.05, 3.63) is 52.9 Å². The smallest absolute Gasteiger partial charge is 0.253 e. The molecule has 0 saturated carbocycles. The van der Waals surface area contributed by atoms with Crippen LogP contribution in [0.3, 0.4) is 0 Å². The van der Waals surface area contributed by atoms with E-state index < -0.39 is 0 Å². The molecule has 0 aliphatic rings. The van der Waals surface area contributed by atoms with Crippen LogP contribution >= 0.6 is 23.1 Å². The molecule has 0 aliphatic heterocycles. The molecule has 17 heavy (non-hydrogen) atoms. The Morgan fingerprint density at radius 1 is 1.29 bits per heavy atom. The van der Waals surface area contributed by atoms with Gasteiger partial charge >= 0.3 is 0 Å². The van der Waals surface area contributed by atoms with Gasteiger partial charge in [-0.1, -0.05) is 30.3 Å². The SMILES string of the molecule is CSc1sccc1C(=O)NCc1ccccc1. The molecular weight excluding hydrogens is 250 g/mol. The number of carbonyl (C=O) groups is 1. The second kappa shape index (κ2) is 5.89. The number of benzene rings is 1. The van der Waals surface area contributed by atoms with Crippen LogP contribution in [0.1, 0.15) is 15.9 Å². The van der Waals surface area contributed by atoms with Crippen LogP contribution in [-0.4, -0.2) is 12.2 Å². The van der Waals surface area contributed by atoms with Gasteiger partial charge in [0.15, 0.2) is 0 Å². The topological polar surface area (TPSA) is 29.1 Å². The molecule has 1 N–H and O–H groups in total. The summed E-state index contributed by atoms with van der Waals surface area (Å²) in [5.74, 6) is -0.000506. The Morgan fingerprint density at radius 3 is 2.76 bits per heavy atom. The predicted molar refractivity (Wildman–Crippen MR) is 73.7 cm³/mol. The molecule has 0 unspecified atom stereocenters. The Kier molecular flexibility index (Phi) is 4.23. The van der Waals surface area contributed by atoms with Crippen molar-refractivity contribution < 1.29 is 4.79 Å². The molecule has 0 saturated heterocycles. The highest BCUT2D eigenvalue weighted by atomic mass is 32.2. The first-order valence-corrected chi connectivity index (χ1v) is 7.35. The van der Waals surface area contributed by atoms with E-state index in [-0.39, 0.29) is 5.91 Å². The van der Waals surface area contributed by atoms with E-state index >= 15 is 0 Å². The molecule has 2 rings (SSSR count). The number of hydrogen-bond acceptors (Lipinski definition) is 3. The second-order valence-electron chi connectivity index (χ2n) is 3.49. The number of amides is 1. The highest BCUT2D eigenvalue weighted by molar-refractivity contribution is 8.00. The third kappa shape index (κ3) is 3.11. The Balaban J connectivity index is 1.98. The molecule has 2 aromatic rings. The summed E-state index contributed by atoms with van der Waals surface area (Å²) in [6.07, 6.45) is 1.99. The van der Waals surface area contributed by atoms with Gasteiger partial charge in [0.1, 0.15) is 0 Å². The maximum atomic E-state index is 11.9. The van der Waals surface area contributed by atoms with E-state index in [0.29, 0.717) is 6.54 Å². The van der Waals surface area contributed by atoms with Crippen molar-refractivity contribution in [2.45, 2.75) is 10.8 Å². The first-order valence-electron chi connectivity index (χ1n) is 5.25. The molecule has 1 amide bonds. The Bertz CT molecular complexity index is 493. The standard InChI is InChI=1S/C13H13NOS2/c1-16-13-11(7-8-17-13)12(15)14-9-10-5-3-2-4-6-10/h2-8H,9H2,1H3,(H,14,15). The lowest BCUT2D eigenvalue weighted by molar-refractivity contribution is 0.0949. The van der Waals surface area contributed by atoms with Crippen molar-refractivity contribution in [3.63, 3.8) is 0 Å². The maximum Gasteiger partial charge on any atom is 0.253 e. The zero-order chi connectivity index (χ0) is 12.1. The van der Waals surface area contributed by atoms with Crippen LogP contribution in [0.5, 0.6) is 0 Å². The molecule has 0 spiro atoms. The molecule has 1 heterocycles. The van der Waals surface area contributed by atoms with Gasteiger partial charge in [0.2, 0.25) is 0 Å². The fraction of sp³-hybridized carbons (Fsp3) is 0.154. The van der Waals surface area contributed by atoms with Crippen molar-refractivity contribution in [3.8, 4) is 0 Å². The van der Waals surface area contributed by atoms with Crippen molar-refractivity contribution in [1.29, 1.82) is 0 Å². The Labute approximate surface area is 109 Å². The molecule has 1 aromatic carbocycles. The van der Waals surface area contributed by atoms with Gasteiger partial charge in [0, 0.05) is 6.54 Å². The summed E-state index contributed by atoms with van der Waals surface area (Å²) in [6, 6.07) is 11.8. The summed E-state index contributed by atoms with van der Waals surface area (Å²) in [7, 11) is 0. The first kappa shape index (κ1) is 12.2. The lowest BCUT2D eigenvalue weighted by Crippen LogP contribution is -2.22. The number of hydrogen-bond donors (Lipinski definition) is 1. The first-order chi connectivity index (χ1) is 8.31. The zero-order valence-corrected chi connectivity index (χ0v) is 11.1. The lowest BCUT2D eigenvalue weighted by Gasteiger charge is -2.05. The molecular formula is C13H13NOS2. The highest BCUT2D eigenvalue weighted by Gasteiger charge is 2.11. The molecule has 0 bridgehead atoms. The summed E-state index contributed by atoms with van der Waals surface area (Å²) in [6.45, 7) is 0.573. The summed E-state index contributed by atoms with van der Waals surface area (Å²) in [5.41, 5.74) is 1.89. The number of thioether (sulfide) groups is 1. The quantitative estimate of drug-likeness (QED) is 0.857. The number of rotatable bonds is 4. The van der Waals surface area contributed by atoms with Crippen LogP contribution in [0.2, 0.25) is 0 Å². The highest BCUT2D eigenvalue weighted by Crippen LogP contribution is 2.26. The Hall–Kier alpha value is -1.26. The van der Waals surface area contributed by atoms with Gasteiger partial charge in [-0.15, -0.1) is 23.1 Å². The van der Waals surface area contributed by atoms with Gasteiger partial charge in [-0.3, -0.25) is 4.79 Å². The zero-order valence-electron chi connectivity index (χ0n) is 9.47. The summed E-state index contributed by atoms with van der Waals surface area (Å²) < 4.78 is 1.07. The van der Waals surface area contributed by atoms with Gasteiger partial charge in [0.05, 0.1) is 9.77 Å². The molecule has 0 radical (unpaired) electrons. The van der Waals surface area contributed by atoms with E-state index in [1.807, 2.05) is 48.0 Å². The normalized spacial score (nSPS) is 10.2. The van der Waals surface area contributed by atoms with Crippen molar-refractivity contribution in [1.82, 2.24) is 5.32 Å². The van der Waals surface area contributed by atoms with Crippen LogP contribution in [0.25, 0.3) is 0 Å². The summed E-state index contributed by atoms with van der Waals surface area (Å²) in [5, 5.41) is 4.88. The minimum absolute atomic E-state index is 0.000506. The fourth-order valence-corrected chi connectivity index (χ4v) is 3.04. The van der Waals surface area contributed by atoms with E-state index in [4.69, 9.17) is 0 Å². The van der Waals surface area contributed by atoms with Gasteiger partial charge < -0.3 is 5.32 Å². The molecule has 0 atom stereocenters. The van der Waals surface area contributed by atoms with E-state index in [0.717, 1.165) is 15.3 Å². The molecule has 1 aromatic heterocycles. The molecule has 88 valence electrons. The van der Waals surface area contributed by atoms with Crippen LogP contribution in [0.4, 0.5) is 0 Å². The second-order valence-corrected chi connectivity index (χ2v) is 5.49.